The van der Waals surface area contributed by atoms with Crippen molar-refractivity contribution in [3.05, 3.63) is 82.7 Å². The number of methoxy groups -OCH3 is 1. The maximum Gasteiger partial charge on any atom is 0.274 e. The zero-order chi connectivity index (χ0) is 21.8. The highest BCUT2D eigenvalue weighted by Gasteiger charge is 2.29. The standard InChI is InChI=1S/C25H30N4O2/c1-28(2)25(30)24-22-15-20(26-16-19-10-7-11-21(14-19)31-3)12-13-23(22)29(27-24)17-18-8-5-4-6-9-18/h4-11,14,20,26H,12-13,15-17H2,1-3H3. The molecular formula is C25H30N4O2. The molecule has 0 spiro atoms. The number of hydrogen-bond donors (Lipinski definition) is 1. The minimum atomic E-state index is -0.0310. The second kappa shape index (κ2) is 9.35. The van der Waals surface area contributed by atoms with Gasteiger partial charge in [-0.1, -0.05) is 42.5 Å². The predicted molar refractivity (Wildman–Crippen MR) is 121 cm³/mol. The van der Waals surface area contributed by atoms with Crippen molar-refractivity contribution in [3.8, 4) is 5.75 Å². The van der Waals surface area contributed by atoms with E-state index in [1.807, 2.05) is 35.0 Å². The molecule has 1 aromatic heterocycles. The number of carbonyl (C=O) groups is 1. The molecule has 0 saturated carbocycles. The zero-order valence-corrected chi connectivity index (χ0v) is 18.5. The summed E-state index contributed by atoms with van der Waals surface area (Å²) in [4.78, 5) is 14.5. The Morgan fingerprint density at radius 2 is 1.94 bits per heavy atom. The highest BCUT2D eigenvalue weighted by atomic mass is 16.5. The van der Waals surface area contributed by atoms with Crippen molar-refractivity contribution < 1.29 is 9.53 Å². The van der Waals surface area contributed by atoms with E-state index in [9.17, 15) is 4.79 Å². The van der Waals surface area contributed by atoms with Gasteiger partial charge in [-0.3, -0.25) is 9.48 Å². The number of nitrogens with zero attached hydrogens (tertiary/aromatic N) is 3. The molecule has 6 heteroatoms. The van der Waals surface area contributed by atoms with Crippen molar-refractivity contribution >= 4 is 5.91 Å². The Labute approximate surface area is 183 Å². The molecule has 1 amide bonds. The number of fused-ring (bicyclic) bond motifs is 1. The molecule has 1 aliphatic carbocycles. The van der Waals surface area contributed by atoms with E-state index >= 15 is 0 Å². The van der Waals surface area contributed by atoms with Crippen LogP contribution in [0.15, 0.2) is 54.6 Å². The van der Waals surface area contributed by atoms with E-state index in [1.54, 1.807) is 26.1 Å². The molecule has 0 aliphatic heterocycles. The summed E-state index contributed by atoms with van der Waals surface area (Å²) in [5.41, 5.74) is 5.24. The molecule has 6 nitrogen and oxygen atoms in total. The first kappa shape index (κ1) is 21.1. The third-order valence-corrected chi connectivity index (χ3v) is 5.86. The summed E-state index contributed by atoms with van der Waals surface area (Å²) < 4.78 is 7.36. The number of benzene rings is 2. The van der Waals surface area contributed by atoms with Crippen molar-refractivity contribution in [2.24, 2.45) is 0 Å². The van der Waals surface area contributed by atoms with Gasteiger partial charge in [-0.05, 0) is 42.5 Å². The lowest BCUT2D eigenvalue weighted by Crippen LogP contribution is -2.35. The van der Waals surface area contributed by atoms with Crippen LogP contribution >= 0.6 is 0 Å². The van der Waals surface area contributed by atoms with Crippen molar-refractivity contribution in [1.29, 1.82) is 0 Å². The molecule has 4 rings (SSSR count). The first-order valence-electron chi connectivity index (χ1n) is 10.8. The Hall–Kier alpha value is -3.12. The number of carbonyl (C=O) groups excluding carboxylic acids is 1. The third kappa shape index (κ3) is 4.80. The molecule has 0 saturated heterocycles. The second-order valence-electron chi connectivity index (χ2n) is 8.29. The summed E-state index contributed by atoms with van der Waals surface area (Å²) in [6, 6.07) is 18.7. The summed E-state index contributed by atoms with van der Waals surface area (Å²) in [6.07, 6.45) is 2.74. The van der Waals surface area contributed by atoms with Crippen LogP contribution in [0.4, 0.5) is 0 Å². The molecule has 1 N–H and O–H groups in total. The number of rotatable bonds is 7. The van der Waals surface area contributed by atoms with Crippen LogP contribution in [-0.4, -0.2) is 47.8 Å². The topological polar surface area (TPSA) is 59.4 Å². The molecule has 0 fully saturated rings. The normalized spacial score (nSPS) is 15.4. The number of ether oxygens (including phenoxy) is 1. The number of amides is 1. The van der Waals surface area contributed by atoms with Gasteiger partial charge in [0.05, 0.1) is 13.7 Å². The van der Waals surface area contributed by atoms with Gasteiger partial charge in [0.25, 0.3) is 5.91 Å². The first-order chi connectivity index (χ1) is 15.0. The van der Waals surface area contributed by atoms with Crippen LogP contribution in [0.3, 0.4) is 0 Å². The van der Waals surface area contributed by atoms with E-state index in [1.165, 1.54) is 16.8 Å². The van der Waals surface area contributed by atoms with Gasteiger partial charge in [0.1, 0.15) is 5.75 Å². The van der Waals surface area contributed by atoms with E-state index < -0.39 is 0 Å². The number of hydrogen-bond acceptors (Lipinski definition) is 4. The zero-order valence-electron chi connectivity index (χ0n) is 18.5. The van der Waals surface area contributed by atoms with Gasteiger partial charge >= 0.3 is 0 Å². The van der Waals surface area contributed by atoms with Crippen LogP contribution in [0.5, 0.6) is 5.75 Å². The molecule has 1 unspecified atom stereocenters. The average molecular weight is 419 g/mol. The van der Waals surface area contributed by atoms with Crippen LogP contribution in [0.1, 0.15) is 39.3 Å². The van der Waals surface area contributed by atoms with Crippen molar-refractivity contribution in [1.82, 2.24) is 20.0 Å². The van der Waals surface area contributed by atoms with Gasteiger partial charge in [-0.15, -0.1) is 0 Å². The van der Waals surface area contributed by atoms with Gasteiger partial charge in [0.15, 0.2) is 5.69 Å². The summed E-state index contributed by atoms with van der Waals surface area (Å²) in [5.74, 6) is 0.836. The fourth-order valence-electron chi connectivity index (χ4n) is 4.18. The SMILES string of the molecule is COc1cccc(CNC2CCc3c(c(C(=O)N(C)C)nn3Cc3ccccc3)C2)c1. The smallest absolute Gasteiger partial charge is 0.274 e. The summed E-state index contributed by atoms with van der Waals surface area (Å²) in [6.45, 7) is 1.46. The minimum absolute atomic E-state index is 0.0310. The molecule has 0 radical (unpaired) electrons. The summed E-state index contributed by atoms with van der Waals surface area (Å²) in [7, 11) is 5.25. The fourth-order valence-corrected chi connectivity index (χ4v) is 4.18. The highest BCUT2D eigenvalue weighted by molar-refractivity contribution is 5.93. The van der Waals surface area contributed by atoms with E-state index in [4.69, 9.17) is 9.84 Å². The van der Waals surface area contributed by atoms with Gasteiger partial charge < -0.3 is 15.0 Å². The van der Waals surface area contributed by atoms with Crippen LogP contribution in [0.2, 0.25) is 0 Å². The molecule has 1 heterocycles. The maximum atomic E-state index is 12.9. The second-order valence-corrected chi connectivity index (χ2v) is 8.29. The quantitative estimate of drug-likeness (QED) is 0.640. The van der Waals surface area contributed by atoms with Crippen LogP contribution in [-0.2, 0) is 25.9 Å². The summed E-state index contributed by atoms with van der Waals surface area (Å²) >= 11 is 0. The van der Waals surface area contributed by atoms with Gasteiger partial charge in [-0.2, -0.15) is 5.10 Å². The monoisotopic (exact) mass is 418 g/mol. The third-order valence-electron chi connectivity index (χ3n) is 5.86. The molecular weight excluding hydrogens is 388 g/mol. The van der Waals surface area contributed by atoms with Crippen molar-refractivity contribution in [2.45, 2.75) is 38.4 Å². The Morgan fingerprint density at radius 1 is 1.16 bits per heavy atom. The van der Waals surface area contributed by atoms with Crippen LogP contribution in [0.25, 0.3) is 0 Å². The number of nitrogens with one attached hydrogen (secondary N) is 1. The van der Waals surface area contributed by atoms with Gasteiger partial charge in [-0.25, -0.2) is 0 Å². The lowest BCUT2D eigenvalue weighted by atomic mass is 9.91. The predicted octanol–water partition coefficient (Wildman–Crippen LogP) is 3.29. The highest BCUT2D eigenvalue weighted by Crippen LogP contribution is 2.27. The Kier molecular flexibility index (Phi) is 6.37. The van der Waals surface area contributed by atoms with E-state index in [2.05, 4.69) is 29.6 Å². The molecule has 162 valence electrons. The lowest BCUT2D eigenvalue weighted by Gasteiger charge is -2.25. The largest absolute Gasteiger partial charge is 0.497 e. The van der Waals surface area contributed by atoms with Gasteiger partial charge in [0.2, 0.25) is 0 Å². The molecule has 3 aromatic rings. The Morgan fingerprint density at radius 3 is 2.68 bits per heavy atom. The average Bonchev–Trinajstić information content (AvgIpc) is 3.15. The van der Waals surface area contributed by atoms with E-state index in [-0.39, 0.29) is 5.91 Å². The Balaban J connectivity index is 1.54. The van der Waals surface area contributed by atoms with Gasteiger partial charge in [0, 0.05) is 37.9 Å². The molecule has 2 aromatic carbocycles. The van der Waals surface area contributed by atoms with E-state index in [0.717, 1.165) is 37.1 Å². The first-order valence-corrected chi connectivity index (χ1v) is 10.8. The van der Waals surface area contributed by atoms with E-state index in [0.29, 0.717) is 18.3 Å². The fraction of sp³-hybridized carbons (Fsp3) is 0.360. The van der Waals surface area contributed by atoms with Crippen LogP contribution in [0, 0.1) is 0 Å². The maximum absolute atomic E-state index is 12.9. The van der Waals surface area contributed by atoms with Crippen molar-refractivity contribution in [3.63, 3.8) is 0 Å². The van der Waals surface area contributed by atoms with Crippen molar-refractivity contribution in [2.75, 3.05) is 21.2 Å². The lowest BCUT2D eigenvalue weighted by molar-refractivity contribution is 0.0820. The molecule has 1 aliphatic rings. The molecule has 1 atom stereocenters. The minimum Gasteiger partial charge on any atom is -0.497 e. The molecule has 31 heavy (non-hydrogen) atoms. The summed E-state index contributed by atoms with van der Waals surface area (Å²) in [5, 5.41) is 8.43. The number of aromatic nitrogens is 2. The van der Waals surface area contributed by atoms with Crippen LogP contribution < -0.4 is 10.1 Å². The Bertz CT molecular complexity index is 1040. The molecule has 0 bridgehead atoms.